The zero-order valence-corrected chi connectivity index (χ0v) is 24.0. The normalized spacial score (nSPS) is 11.1. The highest BCUT2D eigenvalue weighted by Crippen LogP contribution is 2.21. The van der Waals surface area contributed by atoms with Gasteiger partial charge in [-0.15, -0.1) is 0 Å². The van der Waals surface area contributed by atoms with Crippen LogP contribution < -0.4 is 11.5 Å². The molecule has 0 atom stereocenters. The molecule has 2 nitrogen and oxygen atoms in total. The van der Waals surface area contributed by atoms with E-state index in [1.807, 2.05) is 0 Å². The van der Waals surface area contributed by atoms with Crippen LogP contribution in [0.4, 0.5) is 11.4 Å². The summed E-state index contributed by atoms with van der Waals surface area (Å²) in [7, 11) is 0. The van der Waals surface area contributed by atoms with Gasteiger partial charge >= 0.3 is 0 Å². The lowest BCUT2D eigenvalue weighted by atomic mass is 9.97. The van der Waals surface area contributed by atoms with Crippen molar-refractivity contribution in [3.8, 4) is 0 Å². The molecule has 204 valence electrons. The number of hydrogen-bond donors (Lipinski definition) is 2. The Morgan fingerprint density at radius 2 is 0.769 bits per heavy atom. The first-order valence-corrected chi connectivity index (χ1v) is 14.9. The Labute approximate surface area is 236 Å². The van der Waals surface area contributed by atoms with Crippen LogP contribution in [0.15, 0.2) is 84.9 Å². The van der Waals surface area contributed by atoms with Gasteiger partial charge < -0.3 is 11.5 Å². The van der Waals surface area contributed by atoms with Crippen LogP contribution in [0.3, 0.4) is 0 Å². The summed E-state index contributed by atoms with van der Waals surface area (Å²) in [6.07, 6.45) is 12.2. The van der Waals surface area contributed by atoms with Crippen LogP contribution in [0.25, 0.3) is 0 Å². The highest BCUT2D eigenvalue weighted by atomic mass is 14.6. The zero-order valence-electron chi connectivity index (χ0n) is 24.0. The second-order valence-electron chi connectivity index (χ2n) is 11.1. The van der Waals surface area contributed by atoms with E-state index in [-0.39, 0.29) is 0 Å². The molecular formula is C37H46N2. The van der Waals surface area contributed by atoms with Crippen molar-refractivity contribution in [1.82, 2.24) is 0 Å². The first-order valence-electron chi connectivity index (χ1n) is 14.9. The monoisotopic (exact) mass is 518 g/mol. The lowest BCUT2D eigenvalue weighted by Crippen LogP contribution is -1.98. The Bertz CT molecular complexity index is 1200. The third kappa shape index (κ3) is 8.75. The van der Waals surface area contributed by atoms with Crippen LogP contribution in [0.5, 0.6) is 0 Å². The van der Waals surface area contributed by atoms with Gasteiger partial charge in [-0.2, -0.15) is 0 Å². The van der Waals surface area contributed by atoms with Crippen molar-refractivity contribution in [2.45, 2.75) is 84.5 Å². The van der Waals surface area contributed by atoms with Gasteiger partial charge in [0, 0.05) is 11.4 Å². The Morgan fingerprint density at radius 1 is 0.410 bits per heavy atom. The predicted molar refractivity (Wildman–Crippen MR) is 169 cm³/mol. The molecule has 0 spiro atoms. The van der Waals surface area contributed by atoms with Gasteiger partial charge in [-0.1, -0.05) is 99.5 Å². The average molecular weight is 519 g/mol. The minimum absolute atomic E-state index is 0.926. The first kappa shape index (κ1) is 28.5. The zero-order chi connectivity index (χ0) is 27.5. The summed E-state index contributed by atoms with van der Waals surface area (Å²) >= 11 is 0. The van der Waals surface area contributed by atoms with Crippen LogP contribution in [0.2, 0.25) is 0 Å². The van der Waals surface area contributed by atoms with Gasteiger partial charge in [0.25, 0.3) is 0 Å². The number of hydrogen-bond acceptors (Lipinski definition) is 2. The molecule has 0 aliphatic heterocycles. The largest absolute Gasteiger partial charge is 0.399 e. The maximum Gasteiger partial charge on any atom is 0.0346 e. The van der Waals surface area contributed by atoms with E-state index in [0.717, 1.165) is 56.3 Å². The molecule has 0 saturated carbocycles. The molecule has 0 aromatic heterocycles. The van der Waals surface area contributed by atoms with E-state index in [9.17, 15) is 0 Å². The van der Waals surface area contributed by atoms with Gasteiger partial charge in [-0.05, 0) is 114 Å². The number of unbranched alkanes of at least 4 members (excludes halogenated alkanes) is 2. The molecule has 39 heavy (non-hydrogen) atoms. The molecule has 0 radical (unpaired) electrons. The summed E-state index contributed by atoms with van der Waals surface area (Å²) in [6.45, 7) is 4.45. The predicted octanol–water partition coefficient (Wildman–Crippen LogP) is 8.89. The van der Waals surface area contributed by atoms with Crippen molar-refractivity contribution in [3.05, 3.63) is 129 Å². The van der Waals surface area contributed by atoms with E-state index in [0.29, 0.717) is 0 Å². The van der Waals surface area contributed by atoms with Gasteiger partial charge in [-0.3, -0.25) is 0 Å². The molecule has 0 aliphatic carbocycles. The third-order valence-electron chi connectivity index (χ3n) is 7.81. The lowest BCUT2D eigenvalue weighted by Gasteiger charge is -2.10. The fraction of sp³-hybridized carbons (Fsp3) is 0.351. The number of rotatable bonds is 14. The minimum Gasteiger partial charge on any atom is -0.399 e. The maximum absolute atomic E-state index is 6.19. The van der Waals surface area contributed by atoms with Crippen molar-refractivity contribution in [1.29, 1.82) is 0 Å². The summed E-state index contributed by atoms with van der Waals surface area (Å²) in [5, 5.41) is 0. The van der Waals surface area contributed by atoms with Crippen molar-refractivity contribution in [2.75, 3.05) is 11.5 Å². The number of nitrogens with two attached hydrogens (primary N) is 2. The summed E-state index contributed by atoms with van der Waals surface area (Å²) in [5.74, 6) is 0. The SMILES string of the molecule is CCCCc1cc(Cc2ccc(CCCc3ccc(Cc4ccc(N)c(CCCC)c4)cc3)cc2)ccc1N. The van der Waals surface area contributed by atoms with Crippen molar-refractivity contribution in [2.24, 2.45) is 0 Å². The molecule has 0 unspecified atom stereocenters. The van der Waals surface area contributed by atoms with E-state index in [1.165, 1.54) is 70.2 Å². The van der Waals surface area contributed by atoms with Crippen LogP contribution in [0.1, 0.15) is 90.5 Å². The second-order valence-corrected chi connectivity index (χ2v) is 11.1. The van der Waals surface area contributed by atoms with E-state index in [1.54, 1.807) is 0 Å². The van der Waals surface area contributed by atoms with E-state index >= 15 is 0 Å². The highest BCUT2D eigenvalue weighted by Gasteiger charge is 2.05. The molecule has 4 rings (SSSR count). The maximum atomic E-state index is 6.19. The van der Waals surface area contributed by atoms with Gasteiger partial charge in [0.05, 0.1) is 0 Å². The summed E-state index contributed by atoms with van der Waals surface area (Å²) in [4.78, 5) is 0. The van der Waals surface area contributed by atoms with Crippen LogP contribution >= 0.6 is 0 Å². The number of anilines is 2. The summed E-state index contributed by atoms with van der Waals surface area (Å²) < 4.78 is 0. The van der Waals surface area contributed by atoms with E-state index in [2.05, 4.69) is 98.8 Å². The molecule has 2 heteroatoms. The quantitative estimate of drug-likeness (QED) is 0.164. The van der Waals surface area contributed by atoms with Crippen LogP contribution in [0, 0.1) is 0 Å². The number of benzene rings is 4. The molecule has 0 bridgehead atoms. The van der Waals surface area contributed by atoms with Gasteiger partial charge in [0.15, 0.2) is 0 Å². The molecular weight excluding hydrogens is 472 g/mol. The van der Waals surface area contributed by atoms with Crippen LogP contribution in [-0.4, -0.2) is 0 Å². The standard InChI is InChI=1S/C37H46N2/c1-3-5-10-34-26-32(20-22-36(34)38)24-30-16-12-28(13-17-30)8-7-9-29-14-18-31(19-15-29)25-33-21-23-37(39)35(27-33)11-6-4-2/h12-23,26-27H,3-11,24-25,38-39H2,1-2H3. The highest BCUT2D eigenvalue weighted by molar-refractivity contribution is 5.50. The van der Waals surface area contributed by atoms with Gasteiger partial charge in [0.2, 0.25) is 0 Å². The molecule has 0 aliphatic rings. The van der Waals surface area contributed by atoms with Crippen molar-refractivity contribution in [3.63, 3.8) is 0 Å². The smallest absolute Gasteiger partial charge is 0.0346 e. The van der Waals surface area contributed by atoms with Gasteiger partial charge in [0.1, 0.15) is 0 Å². The van der Waals surface area contributed by atoms with Crippen molar-refractivity contribution < 1.29 is 0 Å². The fourth-order valence-electron chi connectivity index (χ4n) is 5.32. The van der Waals surface area contributed by atoms with Gasteiger partial charge in [-0.25, -0.2) is 0 Å². The Balaban J connectivity index is 1.24. The summed E-state index contributed by atoms with van der Waals surface area (Å²) in [6, 6.07) is 31.4. The second kappa shape index (κ2) is 14.6. The number of nitrogen functional groups attached to an aromatic ring is 2. The van der Waals surface area contributed by atoms with Crippen LogP contribution in [-0.2, 0) is 38.5 Å². The Hall–Kier alpha value is -3.52. The molecule has 4 aromatic carbocycles. The van der Waals surface area contributed by atoms with E-state index in [4.69, 9.17) is 11.5 Å². The van der Waals surface area contributed by atoms with E-state index < -0.39 is 0 Å². The lowest BCUT2D eigenvalue weighted by molar-refractivity contribution is 0.795. The fourth-order valence-corrected chi connectivity index (χ4v) is 5.32. The average Bonchev–Trinajstić information content (AvgIpc) is 2.95. The minimum atomic E-state index is 0.926. The Kier molecular flexibility index (Phi) is 10.7. The molecule has 0 heterocycles. The molecule has 0 saturated heterocycles. The first-order chi connectivity index (χ1) is 19.0. The van der Waals surface area contributed by atoms with Crippen molar-refractivity contribution >= 4 is 11.4 Å². The molecule has 4 N–H and O–H groups in total. The molecule has 0 fully saturated rings. The molecule has 4 aromatic rings. The topological polar surface area (TPSA) is 52.0 Å². The summed E-state index contributed by atoms with van der Waals surface area (Å²) in [5.41, 5.74) is 25.1. The Morgan fingerprint density at radius 3 is 1.15 bits per heavy atom. The third-order valence-corrected chi connectivity index (χ3v) is 7.81. The molecule has 0 amide bonds. The number of aryl methyl sites for hydroxylation is 4.